The third-order valence-corrected chi connectivity index (χ3v) is 2.63. The van der Waals surface area contributed by atoms with Crippen LogP contribution >= 0.6 is 11.1 Å². The standard InChI is InChI=1S/C8H19ClOSi/c1-2-3-4-5-6-7-8-10-11-9/h2-8,11H2,1H3. The Morgan fingerprint density at radius 1 is 1.09 bits per heavy atom. The van der Waals surface area contributed by atoms with Crippen LogP contribution in [0.1, 0.15) is 45.4 Å². The van der Waals surface area contributed by atoms with E-state index in [1.165, 1.54) is 38.5 Å². The van der Waals surface area contributed by atoms with Crippen LogP contribution in [0.5, 0.6) is 0 Å². The van der Waals surface area contributed by atoms with Crippen LogP contribution in [0.3, 0.4) is 0 Å². The minimum absolute atomic E-state index is 0.658. The molecule has 0 N–H and O–H groups in total. The van der Waals surface area contributed by atoms with Gasteiger partial charge in [-0.3, -0.25) is 0 Å². The van der Waals surface area contributed by atoms with Gasteiger partial charge in [0.05, 0.1) is 0 Å². The van der Waals surface area contributed by atoms with Crippen molar-refractivity contribution in [3.05, 3.63) is 0 Å². The van der Waals surface area contributed by atoms with Gasteiger partial charge in [0, 0.05) is 6.61 Å². The van der Waals surface area contributed by atoms with Gasteiger partial charge in [-0.05, 0) is 6.42 Å². The molecular weight excluding hydrogens is 176 g/mol. The average molecular weight is 195 g/mol. The van der Waals surface area contributed by atoms with Gasteiger partial charge in [0.1, 0.15) is 0 Å². The summed E-state index contributed by atoms with van der Waals surface area (Å²) < 4.78 is 5.14. The fraction of sp³-hybridized carbons (Fsp3) is 1.00. The fourth-order valence-electron chi connectivity index (χ4n) is 1.04. The predicted molar refractivity (Wildman–Crippen MR) is 53.7 cm³/mol. The Balaban J connectivity index is 2.69. The van der Waals surface area contributed by atoms with E-state index in [1.807, 2.05) is 0 Å². The Kier molecular flexibility index (Phi) is 10.9. The van der Waals surface area contributed by atoms with Gasteiger partial charge in [0.25, 0.3) is 9.07 Å². The minimum atomic E-state index is -0.658. The Bertz CT molecular complexity index is 63.1. The highest BCUT2D eigenvalue weighted by atomic mass is 35.6. The summed E-state index contributed by atoms with van der Waals surface area (Å²) in [5, 5.41) is 0. The van der Waals surface area contributed by atoms with Crippen LogP contribution in [0.2, 0.25) is 0 Å². The molecule has 0 amide bonds. The summed E-state index contributed by atoms with van der Waals surface area (Å²) in [7, 11) is -0.658. The first kappa shape index (κ1) is 11.5. The molecule has 0 saturated carbocycles. The highest BCUT2D eigenvalue weighted by molar-refractivity contribution is 6.89. The average Bonchev–Trinajstić information content (AvgIpc) is 2.03. The molecule has 0 spiro atoms. The van der Waals surface area contributed by atoms with Crippen molar-refractivity contribution in [1.29, 1.82) is 0 Å². The molecule has 0 aliphatic carbocycles. The van der Waals surface area contributed by atoms with Crippen molar-refractivity contribution in [3.8, 4) is 0 Å². The van der Waals surface area contributed by atoms with Crippen LogP contribution < -0.4 is 0 Å². The van der Waals surface area contributed by atoms with Crippen LogP contribution in [0.15, 0.2) is 0 Å². The molecule has 0 aliphatic rings. The van der Waals surface area contributed by atoms with E-state index in [0.29, 0.717) is 0 Å². The van der Waals surface area contributed by atoms with Crippen molar-refractivity contribution >= 4 is 20.2 Å². The summed E-state index contributed by atoms with van der Waals surface area (Å²) in [6.45, 7) is 3.13. The van der Waals surface area contributed by atoms with Gasteiger partial charge in [0.15, 0.2) is 0 Å². The molecular formula is C8H19ClOSi. The Morgan fingerprint density at radius 2 is 1.73 bits per heavy atom. The molecule has 3 heteroatoms. The molecule has 0 aromatic heterocycles. The number of halogens is 1. The van der Waals surface area contributed by atoms with Crippen molar-refractivity contribution in [2.24, 2.45) is 0 Å². The molecule has 0 bridgehead atoms. The molecule has 0 rings (SSSR count). The first-order chi connectivity index (χ1) is 5.41. The second-order valence-corrected chi connectivity index (χ2v) is 4.07. The van der Waals surface area contributed by atoms with Crippen molar-refractivity contribution < 1.29 is 4.43 Å². The first-order valence-electron chi connectivity index (χ1n) is 4.55. The smallest absolute Gasteiger partial charge is 0.258 e. The molecule has 1 nitrogen and oxygen atoms in total. The summed E-state index contributed by atoms with van der Waals surface area (Å²) in [6, 6.07) is 0. The molecule has 68 valence electrons. The first-order valence-corrected chi connectivity index (χ1v) is 7.27. The van der Waals surface area contributed by atoms with E-state index in [0.717, 1.165) is 6.61 Å². The van der Waals surface area contributed by atoms with Gasteiger partial charge in [-0.25, -0.2) is 0 Å². The lowest BCUT2D eigenvalue weighted by Crippen LogP contribution is -1.94. The van der Waals surface area contributed by atoms with Gasteiger partial charge in [-0.1, -0.05) is 39.0 Å². The molecule has 0 unspecified atom stereocenters. The van der Waals surface area contributed by atoms with Crippen molar-refractivity contribution in [1.82, 2.24) is 0 Å². The Hall–Kier alpha value is 0.467. The van der Waals surface area contributed by atoms with Gasteiger partial charge >= 0.3 is 0 Å². The lowest BCUT2D eigenvalue weighted by molar-refractivity contribution is 0.329. The van der Waals surface area contributed by atoms with E-state index in [1.54, 1.807) is 0 Å². The van der Waals surface area contributed by atoms with E-state index in [9.17, 15) is 0 Å². The highest BCUT2D eigenvalue weighted by Crippen LogP contribution is 2.04. The van der Waals surface area contributed by atoms with E-state index in [-0.39, 0.29) is 0 Å². The Labute approximate surface area is 77.1 Å². The molecule has 11 heavy (non-hydrogen) atoms. The fourth-order valence-corrected chi connectivity index (χ4v) is 1.68. The van der Waals surface area contributed by atoms with Crippen LogP contribution in [0, 0.1) is 0 Å². The number of hydrogen-bond acceptors (Lipinski definition) is 1. The quantitative estimate of drug-likeness (QED) is 0.328. The van der Waals surface area contributed by atoms with Crippen LogP contribution in [-0.2, 0) is 4.43 Å². The second-order valence-electron chi connectivity index (χ2n) is 2.79. The van der Waals surface area contributed by atoms with Gasteiger partial charge in [-0.2, -0.15) is 0 Å². The topological polar surface area (TPSA) is 9.23 Å². The zero-order valence-corrected chi connectivity index (χ0v) is 9.61. The molecule has 0 aromatic carbocycles. The van der Waals surface area contributed by atoms with Crippen molar-refractivity contribution in [3.63, 3.8) is 0 Å². The molecule has 0 saturated heterocycles. The molecule has 0 fully saturated rings. The summed E-state index contributed by atoms with van der Waals surface area (Å²) in [5.41, 5.74) is 0. The molecule has 0 aliphatic heterocycles. The highest BCUT2D eigenvalue weighted by Gasteiger charge is 1.89. The largest absolute Gasteiger partial charge is 0.408 e. The number of hydrogen-bond donors (Lipinski definition) is 0. The van der Waals surface area contributed by atoms with Crippen molar-refractivity contribution in [2.45, 2.75) is 45.4 Å². The zero-order valence-electron chi connectivity index (χ0n) is 7.44. The van der Waals surface area contributed by atoms with Crippen molar-refractivity contribution in [2.75, 3.05) is 6.61 Å². The third-order valence-electron chi connectivity index (χ3n) is 1.72. The number of rotatable bonds is 8. The summed E-state index contributed by atoms with van der Waals surface area (Å²) >= 11 is 5.48. The van der Waals surface area contributed by atoms with E-state index in [2.05, 4.69) is 6.92 Å². The maximum atomic E-state index is 5.48. The molecule has 0 heterocycles. The minimum Gasteiger partial charge on any atom is -0.408 e. The third kappa shape index (κ3) is 10.5. The maximum Gasteiger partial charge on any atom is 0.258 e. The maximum absolute atomic E-state index is 5.48. The predicted octanol–water partition coefficient (Wildman–Crippen LogP) is 2.60. The van der Waals surface area contributed by atoms with Crippen LogP contribution in [0.25, 0.3) is 0 Å². The lowest BCUT2D eigenvalue weighted by Gasteiger charge is -1.99. The van der Waals surface area contributed by atoms with E-state index in [4.69, 9.17) is 15.5 Å². The molecule has 0 atom stereocenters. The molecule has 0 radical (unpaired) electrons. The lowest BCUT2D eigenvalue weighted by atomic mass is 10.1. The van der Waals surface area contributed by atoms with E-state index < -0.39 is 9.07 Å². The normalized spacial score (nSPS) is 11.5. The van der Waals surface area contributed by atoms with Crippen LogP contribution in [-0.4, -0.2) is 15.7 Å². The van der Waals surface area contributed by atoms with E-state index >= 15 is 0 Å². The Morgan fingerprint density at radius 3 is 2.36 bits per heavy atom. The zero-order chi connectivity index (χ0) is 8.36. The van der Waals surface area contributed by atoms with Gasteiger partial charge in [-0.15, -0.1) is 11.1 Å². The SMILES string of the molecule is CCCCCCCCO[SiH2]Cl. The summed E-state index contributed by atoms with van der Waals surface area (Å²) in [4.78, 5) is 0. The summed E-state index contributed by atoms with van der Waals surface area (Å²) in [5.74, 6) is 0. The van der Waals surface area contributed by atoms with Gasteiger partial charge in [0.2, 0.25) is 0 Å². The van der Waals surface area contributed by atoms with Crippen LogP contribution in [0.4, 0.5) is 0 Å². The summed E-state index contributed by atoms with van der Waals surface area (Å²) in [6.07, 6.45) is 7.96. The molecule has 0 aromatic rings. The number of unbranched alkanes of at least 4 members (excludes halogenated alkanes) is 5. The second kappa shape index (κ2) is 10.5. The monoisotopic (exact) mass is 194 g/mol. The van der Waals surface area contributed by atoms with Gasteiger partial charge < -0.3 is 4.43 Å².